The van der Waals surface area contributed by atoms with Crippen molar-refractivity contribution < 1.29 is 23.8 Å². The van der Waals surface area contributed by atoms with E-state index in [2.05, 4.69) is 0 Å². The molecule has 0 spiro atoms. The van der Waals surface area contributed by atoms with Crippen molar-refractivity contribution in [2.45, 2.75) is 44.9 Å². The fraction of sp³-hybridized carbons (Fsp3) is 0.500. The van der Waals surface area contributed by atoms with Gasteiger partial charge in [0, 0.05) is 12.5 Å². The molecule has 0 aromatic heterocycles. The van der Waals surface area contributed by atoms with E-state index in [0.717, 1.165) is 0 Å². The zero-order valence-corrected chi connectivity index (χ0v) is 15.9. The van der Waals surface area contributed by atoms with Gasteiger partial charge in [0.05, 0.1) is 24.2 Å². The van der Waals surface area contributed by atoms with Crippen molar-refractivity contribution in [3.63, 3.8) is 0 Å². The van der Waals surface area contributed by atoms with E-state index in [-0.39, 0.29) is 18.0 Å². The summed E-state index contributed by atoms with van der Waals surface area (Å²) < 4.78 is 16.0. The highest BCUT2D eigenvalue weighted by Crippen LogP contribution is 2.28. The zero-order valence-electron chi connectivity index (χ0n) is 15.1. The van der Waals surface area contributed by atoms with Gasteiger partial charge in [-0.05, 0) is 32.9 Å². The lowest BCUT2D eigenvalue weighted by Gasteiger charge is -2.27. The summed E-state index contributed by atoms with van der Waals surface area (Å²) in [5.74, 6) is -0.0755. The summed E-state index contributed by atoms with van der Waals surface area (Å²) in [6.45, 7) is 5.43. The second kappa shape index (κ2) is 7.83. The van der Waals surface area contributed by atoms with E-state index < -0.39 is 29.8 Å². The van der Waals surface area contributed by atoms with Crippen molar-refractivity contribution in [2.75, 3.05) is 13.7 Å². The topological polar surface area (TPSA) is 88.9 Å². The summed E-state index contributed by atoms with van der Waals surface area (Å²) in [6.07, 6.45) is -0.767. The Labute approximate surface area is 157 Å². The van der Waals surface area contributed by atoms with E-state index in [1.807, 2.05) is 6.07 Å². The Balaban J connectivity index is 2.14. The molecular weight excluding hydrogens is 360 g/mol. The number of esters is 1. The number of carbonyl (C=O) groups excluding carboxylic acids is 2. The van der Waals surface area contributed by atoms with Crippen molar-refractivity contribution >= 4 is 23.7 Å². The van der Waals surface area contributed by atoms with Gasteiger partial charge in [0.1, 0.15) is 29.6 Å². The van der Waals surface area contributed by atoms with E-state index in [1.165, 1.54) is 18.1 Å². The van der Waals surface area contributed by atoms with Crippen LogP contribution in [-0.4, -0.2) is 48.4 Å². The van der Waals surface area contributed by atoms with Gasteiger partial charge in [-0.3, -0.25) is 4.90 Å². The highest BCUT2D eigenvalue weighted by atomic mass is 35.5. The summed E-state index contributed by atoms with van der Waals surface area (Å²) in [4.78, 5) is 25.8. The largest absolute Gasteiger partial charge is 0.488 e. The van der Waals surface area contributed by atoms with E-state index in [4.69, 9.17) is 31.1 Å². The molecule has 2 atom stereocenters. The molecule has 1 aliphatic rings. The van der Waals surface area contributed by atoms with Crippen molar-refractivity contribution in [3.8, 4) is 11.8 Å². The zero-order chi connectivity index (χ0) is 19.5. The molecular formula is C18H21ClN2O5. The second-order valence-corrected chi connectivity index (χ2v) is 7.31. The minimum absolute atomic E-state index is 0.173. The lowest BCUT2D eigenvalue weighted by molar-refractivity contribution is -0.145. The molecule has 1 amide bonds. The lowest BCUT2D eigenvalue weighted by Crippen LogP contribution is -2.44. The van der Waals surface area contributed by atoms with Crippen LogP contribution >= 0.6 is 11.6 Å². The normalized spacial score (nSPS) is 19.6. The average Bonchev–Trinajstić information content (AvgIpc) is 2.97. The van der Waals surface area contributed by atoms with Gasteiger partial charge in [0.25, 0.3) is 0 Å². The molecule has 1 fully saturated rings. The molecule has 2 rings (SSSR count). The van der Waals surface area contributed by atoms with E-state index in [1.54, 1.807) is 32.9 Å². The van der Waals surface area contributed by atoms with Crippen LogP contribution in [0, 0.1) is 11.3 Å². The fourth-order valence-corrected chi connectivity index (χ4v) is 2.83. The van der Waals surface area contributed by atoms with Gasteiger partial charge >= 0.3 is 12.1 Å². The number of halogens is 1. The number of rotatable bonds is 3. The van der Waals surface area contributed by atoms with Gasteiger partial charge in [-0.2, -0.15) is 5.26 Å². The number of nitrogens with zero attached hydrogens (tertiary/aromatic N) is 2. The molecule has 8 heteroatoms. The Bertz CT molecular complexity index is 738. The molecule has 1 aliphatic heterocycles. The van der Waals surface area contributed by atoms with Gasteiger partial charge in [-0.25, -0.2) is 9.59 Å². The van der Waals surface area contributed by atoms with Crippen molar-refractivity contribution in [1.29, 1.82) is 5.26 Å². The Morgan fingerprint density at radius 2 is 2.04 bits per heavy atom. The van der Waals surface area contributed by atoms with Crippen LogP contribution < -0.4 is 4.74 Å². The van der Waals surface area contributed by atoms with Crippen LogP contribution in [-0.2, 0) is 14.3 Å². The van der Waals surface area contributed by atoms with Crippen LogP contribution in [0.3, 0.4) is 0 Å². The summed E-state index contributed by atoms with van der Waals surface area (Å²) >= 11 is 6.01. The van der Waals surface area contributed by atoms with E-state index in [9.17, 15) is 9.59 Å². The number of ether oxygens (including phenoxy) is 3. The third-order valence-electron chi connectivity index (χ3n) is 3.73. The fourth-order valence-electron chi connectivity index (χ4n) is 2.62. The molecule has 0 N–H and O–H groups in total. The number of hydrogen-bond acceptors (Lipinski definition) is 6. The third-order valence-corrected chi connectivity index (χ3v) is 4.04. The monoisotopic (exact) mass is 380 g/mol. The Hall–Kier alpha value is -2.46. The lowest BCUT2D eigenvalue weighted by atomic mass is 10.2. The molecule has 0 saturated carbocycles. The van der Waals surface area contributed by atoms with Gasteiger partial charge in [-0.1, -0.05) is 11.6 Å². The van der Waals surface area contributed by atoms with Crippen LogP contribution in [0.15, 0.2) is 18.2 Å². The average molecular weight is 381 g/mol. The first-order valence-corrected chi connectivity index (χ1v) is 8.46. The van der Waals surface area contributed by atoms with Crippen LogP contribution in [0.5, 0.6) is 5.75 Å². The number of carbonyl (C=O) groups is 2. The number of likely N-dealkylation sites (tertiary alicyclic amines) is 1. The number of methoxy groups -OCH3 is 1. The molecule has 1 heterocycles. The van der Waals surface area contributed by atoms with E-state index >= 15 is 0 Å². The molecule has 0 unspecified atom stereocenters. The Kier molecular flexibility index (Phi) is 5.98. The molecule has 0 aliphatic carbocycles. The Morgan fingerprint density at radius 3 is 2.58 bits per heavy atom. The maximum Gasteiger partial charge on any atom is 0.411 e. The maximum atomic E-state index is 12.4. The molecule has 0 bridgehead atoms. The quantitative estimate of drug-likeness (QED) is 0.748. The summed E-state index contributed by atoms with van der Waals surface area (Å²) in [5, 5.41) is 9.19. The summed E-state index contributed by atoms with van der Waals surface area (Å²) in [7, 11) is 1.27. The van der Waals surface area contributed by atoms with Gasteiger partial charge in [0.2, 0.25) is 0 Å². The molecule has 0 radical (unpaired) electrons. The molecule has 1 aromatic rings. The van der Waals surface area contributed by atoms with Gasteiger partial charge in [0.15, 0.2) is 0 Å². The van der Waals surface area contributed by atoms with E-state index in [0.29, 0.717) is 11.3 Å². The molecule has 1 saturated heterocycles. The third kappa shape index (κ3) is 4.79. The first-order valence-electron chi connectivity index (χ1n) is 8.08. The van der Waals surface area contributed by atoms with Crippen molar-refractivity contribution in [3.05, 3.63) is 28.8 Å². The molecule has 140 valence electrons. The highest BCUT2D eigenvalue weighted by molar-refractivity contribution is 6.31. The minimum Gasteiger partial charge on any atom is -0.488 e. The first kappa shape index (κ1) is 19.9. The highest BCUT2D eigenvalue weighted by Gasteiger charge is 2.43. The minimum atomic E-state index is -0.784. The number of amides is 1. The van der Waals surface area contributed by atoms with Crippen molar-refractivity contribution in [1.82, 2.24) is 4.90 Å². The molecule has 26 heavy (non-hydrogen) atoms. The van der Waals surface area contributed by atoms with Gasteiger partial charge < -0.3 is 14.2 Å². The van der Waals surface area contributed by atoms with Crippen LogP contribution in [0.2, 0.25) is 5.02 Å². The van der Waals surface area contributed by atoms with Gasteiger partial charge in [-0.15, -0.1) is 0 Å². The number of benzene rings is 1. The first-order chi connectivity index (χ1) is 12.1. The molecule has 1 aromatic carbocycles. The van der Waals surface area contributed by atoms with Crippen LogP contribution in [0.4, 0.5) is 4.79 Å². The predicted octanol–water partition coefficient (Wildman–Crippen LogP) is 3.14. The van der Waals surface area contributed by atoms with Crippen LogP contribution in [0.25, 0.3) is 0 Å². The standard InChI is InChI=1S/C18H21ClN2O5/c1-18(2,3)26-17(23)21-10-13(8-15(21)16(22)24-4)25-12-6-5-11(9-20)14(19)7-12/h5-7,13,15H,8,10H2,1-4H3/t13-,15+/m1/s1. The predicted molar refractivity (Wildman–Crippen MR) is 93.9 cm³/mol. The summed E-state index contributed by atoms with van der Waals surface area (Å²) in [5.41, 5.74) is -0.342. The van der Waals surface area contributed by atoms with Crippen LogP contribution in [0.1, 0.15) is 32.8 Å². The van der Waals surface area contributed by atoms with Crippen molar-refractivity contribution in [2.24, 2.45) is 0 Å². The number of nitriles is 1. The second-order valence-electron chi connectivity index (χ2n) is 6.90. The summed E-state index contributed by atoms with van der Waals surface area (Å²) in [6, 6.07) is 5.89. The molecule has 7 nitrogen and oxygen atoms in total. The smallest absolute Gasteiger partial charge is 0.411 e. The maximum absolute atomic E-state index is 12.4. The number of hydrogen-bond donors (Lipinski definition) is 0. The Morgan fingerprint density at radius 1 is 1.35 bits per heavy atom. The SMILES string of the molecule is COC(=O)[C@@H]1C[C@@H](Oc2ccc(C#N)c(Cl)c2)CN1C(=O)OC(C)(C)C.